The Morgan fingerprint density at radius 1 is 0.929 bits per heavy atom. The summed E-state index contributed by atoms with van der Waals surface area (Å²) < 4.78 is 1.98. The van der Waals surface area contributed by atoms with Crippen molar-refractivity contribution in [2.45, 2.75) is 21.9 Å². The van der Waals surface area contributed by atoms with Crippen LogP contribution in [0, 0.1) is 10.1 Å². The number of hydrogen-bond acceptors (Lipinski definition) is 6. The molecule has 0 bridgehead atoms. The van der Waals surface area contributed by atoms with Crippen LogP contribution in [0.25, 0.3) is 5.69 Å². The van der Waals surface area contributed by atoms with Crippen LogP contribution in [0.15, 0.2) is 125 Å². The van der Waals surface area contributed by atoms with Crippen molar-refractivity contribution < 1.29 is 14.8 Å². The molecule has 2 N–H and O–H groups in total. The number of anilines is 1. The van der Waals surface area contributed by atoms with Gasteiger partial charge in [0.25, 0.3) is 5.69 Å². The number of nitrogens with zero attached hydrogens (tertiary/aromatic N) is 4. The van der Waals surface area contributed by atoms with E-state index in [1.807, 2.05) is 71.4 Å². The Hall–Kier alpha value is -5.00. The Kier molecular flexibility index (Phi) is 7.43. The molecule has 6 rings (SSSR count). The van der Waals surface area contributed by atoms with Crippen LogP contribution in [-0.2, 0) is 0 Å². The fourth-order valence-electron chi connectivity index (χ4n) is 5.04. The maximum atomic E-state index is 11.7. The van der Waals surface area contributed by atoms with Crippen LogP contribution in [0.2, 0.25) is 0 Å². The van der Waals surface area contributed by atoms with Gasteiger partial charge in [0.05, 0.1) is 22.2 Å². The number of benzene rings is 3. The van der Waals surface area contributed by atoms with Crippen molar-refractivity contribution in [1.29, 1.82) is 0 Å². The van der Waals surface area contributed by atoms with Gasteiger partial charge in [0, 0.05) is 51.4 Å². The standard InChI is InChI=1S/C31H23N5O4S2/c37-30(38)20-5-3-6-23(19-20)34-18-4-8-27(34)29-28(26-7-1-2-17-32-26)33-31(41)35(29)21-9-13-24(14-10-21)42-25-15-11-22(12-16-25)36(39)40/h1-19,28-29H,(H,33,41)(H,37,38)/t28-,29+/m0/s1. The summed E-state index contributed by atoms with van der Waals surface area (Å²) in [6, 6.07) is 30.4. The monoisotopic (exact) mass is 593 g/mol. The first kappa shape index (κ1) is 27.2. The third kappa shape index (κ3) is 5.35. The average molecular weight is 594 g/mol. The van der Waals surface area contributed by atoms with Crippen molar-refractivity contribution in [2.24, 2.45) is 0 Å². The van der Waals surface area contributed by atoms with E-state index in [2.05, 4.69) is 15.2 Å². The molecular weight excluding hydrogens is 571 g/mol. The largest absolute Gasteiger partial charge is 0.478 e. The molecule has 2 aromatic heterocycles. The van der Waals surface area contributed by atoms with E-state index in [9.17, 15) is 20.0 Å². The van der Waals surface area contributed by atoms with Gasteiger partial charge in [-0.3, -0.25) is 15.1 Å². The second-order valence-corrected chi connectivity index (χ2v) is 11.0. The lowest BCUT2D eigenvalue weighted by atomic mass is 10.0. The van der Waals surface area contributed by atoms with E-state index >= 15 is 0 Å². The molecule has 11 heteroatoms. The average Bonchev–Trinajstić information content (AvgIpc) is 3.63. The summed E-state index contributed by atoms with van der Waals surface area (Å²) in [6.45, 7) is 0. The molecular formula is C31H23N5O4S2. The zero-order chi connectivity index (χ0) is 29.2. The molecule has 3 aromatic carbocycles. The second-order valence-electron chi connectivity index (χ2n) is 9.50. The molecule has 0 spiro atoms. The van der Waals surface area contributed by atoms with Gasteiger partial charge in [-0.2, -0.15) is 0 Å². The van der Waals surface area contributed by atoms with Crippen molar-refractivity contribution in [3.63, 3.8) is 0 Å². The molecule has 1 saturated heterocycles. The quantitative estimate of drug-likeness (QED) is 0.114. The van der Waals surface area contributed by atoms with E-state index in [0.29, 0.717) is 5.11 Å². The van der Waals surface area contributed by atoms with Crippen LogP contribution in [-0.4, -0.2) is 30.7 Å². The zero-order valence-electron chi connectivity index (χ0n) is 21.9. The number of aromatic nitrogens is 2. The van der Waals surface area contributed by atoms with Crippen LogP contribution >= 0.6 is 24.0 Å². The molecule has 0 radical (unpaired) electrons. The smallest absolute Gasteiger partial charge is 0.335 e. The first-order valence-electron chi connectivity index (χ1n) is 12.9. The number of aromatic carboxylic acids is 1. The highest BCUT2D eigenvalue weighted by molar-refractivity contribution is 7.99. The Morgan fingerprint density at radius 3 is 2.33 bits per heavy atom. The lowest BCUT2D eigenvalue weighted by Crippen LogP contribution is -2.30. The number of pyridine rings is 1. The molecule has 0 unspecified atom stereocenters. The van der Waals surface area contributed by atoms with E-state index in [-0.39, 0.29) is 23.3 Å². The number of non-ortho nitro benzene ring substituents is 1. The normalized spacial score (nSPS) is 16.3. The van der Waals surface area contributed by atoms with E-state index in [1.165, 1.54) is 23.9 Å². The van der Waals surface area contributed by atoms with Gasteiger partial charge in [-0.1, -0.05) is 23.9 Å². The predicted octanol–water partition coefficient (Wildman–Crippen LogP) is 6.81. The summed E-state index contributed by atoms with van der Waals surface area (Å²) in [4.78, 5) is 30.8. The lowest BCUT2D eigenvalue weighted by molar-refractivity contribution is -0.384. The van der Waals surface area contributed by atoms with Crippen LogP contribution < -0.4 is 10.2 Å². The van der Waals surface area contributed by atoms with Crippen molar-refractivity contribution >= 4 is 46.4 Å². The number of nitro benzene ring substituents is 1. The number of carboxylic acids is 1. The molecule has 2 atom stereocenters. The summed E-state index contributed by atoms with van der Waals surface area (Å²) in [5, 5.41) is 24.6. The van der Waals surface area contributed by atoms with Gasteiger partial charge in [-0.05, 0) is 91.1 Å². The van der Waals surface area contributed by atoms with Gasteiger partial charge in [0.1, 0.15) is 6.04 Å². The number of carboxylic acid groups (broad SMARTS) is 1. The molecule has 1 aliphatic rings. The molecule has 42 heavy (non-hydrogen) atoms. The molecule has 1 aliphatic heterocycles. The minimum absolute atomic E-state index is 0.0534. The van der Waals surface area contributed by atoms with E-state index in [0.717, 1.165) is 32.6 Å². The molecule has 208 valence electrons. The van der Waals surface area contributed by atoms with Gasteiger partial charge < -0.3 is 19.9 Å². The number of rotatable bonds is 8. The van der Waals surface area contributed by atoms with Gasteiger partial charge in [-0.15, -0.1) is 0 Å². The summed E-state index contributed by atoms with van der Waals surface area (Å²) in [5.74, 6) is -0.992. The first-order chi connectivity index (χ1) is 20.4. The SMILES string of the molecule is O=C(O)c1cccc(-n2cccc2[C@@H]2[C@H](c3ccccn3)NC(=S)N2c2ccc(Sc3ccc([N+](=O)[O-])cc3)cc2)c1. The minimum atomic E-state index is -0.992. The highest BCUT2D eigenvalue weighted by Gasteiger charge is 2.42. The van der Waals surface area contributed by atoms with E-state index in [4.69, 9.17) is 12.2 Å². The van der Waals surface area contributed by atoms with Crippen LogP contribution in [0.3, 0.4) is 0 Å². The zero-order valence-corrected chi connectivity index (χ0v) is 23.5. The van der Waals surface area contributed by atoms with Crippen molar-refractivity contribution in [1.82, 2.24) is 14.9 Å². The maximum absolute atomic E-state index is 11.7. The number of thiocarbonyl (C=S) groups is 1. The Balaban J connectivity index is 1.37. The number of carbonyl (C=O) groups is 1. The van der Waals surface area contributed by atoms with Crippen LogP contribution in [0.4, 0.5) is 11.4 Å². The van der Waals surface area contributed by atoms with Gasteiger partial charge in [0.2, 0.25) is 0 Å². The van der Waals surface area contributed by atoms with Gasteiger partial charge in [0.15, 0.2) is 5.11 Å². The van der Waals surface area contributed by atoms with Crippen molar-refractivity contribution in [3.8, 4) is 5.69 Å². The fourth-order valence-corrected chi connectivity index (χ4v) is 6.20. The molecule has 9 nitrogen and oxygen atoms in total. The molecule has 0 saturated carbocycles. The number of hydrogen-bond donors (Lipinski definition) is 2. The predicted molar refractivity (Wildman–Crippen MR) is 164 cm³/mol. The third-order valence-electron chi connectivity index (χ3n) is 6.95. The summed E-state index contributed by atoms with van der Waals surface area (Å²) >= 11 is 7.38. The highest BCUT2D eigenvalue weighted by atomic mass is 32.2. The summed E-state index contributed by atoms with van der Waals surface area (Å²) in [5.41, 5.74) is 3.58. The summed E-state index contributed by atoms with van der Waals surface area (Å²) in [7, 11) is 0. The Bertz CT molecular complexity index is 1780. The molecule has 5 aromatic rings. The highest BCUT2D eigenvalue weighted by Crippen LogP contribution is 2.43. The number of nitrogens with one attached hydrogen (secondary N) is 1. The second kappa shape index (κ2) is 11.5. The van der Waals surface area contributed by atoms with Crippen molar-refractivity contribution in [3.05, 3.63) is 143 Å². The topological polar surface area (TPSA) is 114 Å². The van der Waals surface area contributed by atoms with Gasteiger partial charge >= 0.3 is 5.97 Å². The van der Waals surface area contributed by atoms with Gasteiger partial charge in [-0.25, -0.2) is 4.79 Å². The molecule has 1 fully saturated rings. The van der Waals surface area contributed by atoms with Crippen molar-refractivity contribution in [2.75, 3.05) is 4.90 Å². The van der Waals surface area contributed by atoms with E-state index < -0.39 is 10.9 Å². The fraction of sp³-hybridized carbons (Fsp3) is 0.0645. The first-order valence-corrected chi connectivity index (χ1v) is 14.2. The number of nitro groups is 1. The van der Waals surface area contributed by atoms with Crippen LogP contribution in [0.5, 0.6) is 0 Å². The lowest BCUT2D eigenvalue weighted by Gasteiger charge is -2.29. The maximum Gasteiger partial charge on any atom is 0.335 e. The molecule has 0 aliphatic carbocycles. The van der Waals surface area contributed by atoms with E-state index in [1.54, 1.807) is 36.5 Å². The summed E-state index contributed by atoms with van der Waals surface area (Å²) in [6.07, 6.45) is 3.66. The third-order valence-corrected chi connectivity index (χ3v) is 8.28. The Labute approximate surface area is 250 Å². The minimum Gasteiger partial charge on any atom is -0.478 e. The molecule has 0 amide bonds. The van der Waals surface area contributed by atoms with Crippen LogP contribution in [0.1, 0.15) is 33.8 Å². The molecule has 3 heterocycles. The Morgan fingerprint density at radius 2 is 1.67 bits per heavy atom.